The number of rotatable bonds is 4. The Morgan fingerprint density at radius 1 is 1.29 bits per heavy atom. The minimum atomic E-state index is -0.761. The second-order valence-electron chi connectivity index (χ2n) is 4.47. The third-order valence-electron chi connectivity index (χ3n) is 3.00. The van der Waals surface area contributed by atoms with Crippen molar-refractivity contribution in [2.75, 3.05) is 5.43 Å². The van der Waals surface area contributed by atoms with Crippen LogP contribution in [0.15, 0.2) is 39.0 Å². The number of H-pyrrole nitrogens is 2. The van der Waals surface area contributed by atoms with Crippen molar-refractivity contribution in [2.45, 2.75) is 20.3 Å². The number of hydrogen-bond acceptors (Lipinski definition) is 5. The number of aromatic hydroxyl groups is 1. The molecule has 4 N–H and O–H groups in total. The average molecular weight is 288 g/mol. The van der Waals surface area contributed by atoms with Gasteiger partial charge in [0.1, 0.15) is 5.56 Å². The zero-order valence-corrected chi connectivity index (χ0v) is 11.7. The standard InChI is InChI=1S/C14H16N4O3/c1-3-9(11-12(19)15-14(21)16-13(11)20)17-18-10-7-5-4-6-8(10)2/h4-7,18H,3H2,1-2H3,(H3,15,16,19,20,21). The van der Waals surface area contributed by atoms with Crippen LogP contribution in [0.5, 0.6) is 5.88 Å². The van der Waals surface area contributed by atoms with Gasteiger partial charge in [0.05, 0.1) is 11.4 Å². The highest BCUT2D eigenvalue weighted by Gasteiger charge is 2.14. The van der Waals surface area contributed by atoms with E-state index >= 15 is 0 Å². The molecule has 0 saturated carbocycles. The smallest absolute Gasteiger partial charge is 0.328 e. The summed E-state index contributed by atoms with van der Waals surface area (Å²) in [4.78, 5) is 27.1. The molecule has 0 unspecified atom stereocenters. The van der Waals surface area contributed by atoms with E-state index < -0.39 is 17.1 Å². The lowest BCUT2D eigenvalue weighted by molar-refractivity contribution is 0.447. The van der Waals surface area contributed by atoms with E-state index in [9.17, 15) is 14.7 Å². The normalized spacial score (nSPS) is 11.4. The molecule has 1 aromatic carbocycles. The van der Waals surface area contributed by atoms with Gasteiger partial charge in [-0.2, -0.15) is 5.10 Å². The number of benzene rings is 1. The topological polar surface area (TPSA) is 110 Å². The van der Waals surface area contributed by atoms with Gasteiger partial charge in [-0.05, 0) is 25.0 Å². The van der Waals surface area contributed by atoms with Gasteiger partial charge < -0.3 is 5.11 Å². The van der Waals surface area contributed by atoms with Gasteiger partial charge in [-0.25, -0.2) is 4.79 Å². The molecule has 0 atom stereocenters. The summed E-state index contributed by atoms with van der Waals surface area (Å²) in [6.07, 6.45) is 0.404. The Morgan fingerprint density at radius 2 is 2.00 bits per heavy atom. The quantitative estimate of drug-likeness (QED) is 0.502. The summed E-state index contributed by atoms with van der Waals surface area (Å²) in [5.74, 6) is -0.490. The van der Waals surface area contributed by atoms with Gasteiger partial charge in [0.2, 0.25) is 5.88 Å². The Kier molecular flexibility index (Phi) is 4.22. The number of aryl methyl sites for hydroxylation is 1. The van der Waals surface area contributed by atoms with Crippen molar-refractivity contribution in [1.29, 1.82) is 0 Å². The molecule has 2 rings (SSSR count). The summed E-state index contributed by atoms with van der Waals surface area (Å²) in [6.45, 7) is 3.72. The molecule has 0 bridgehead atoms. The van der Waals surface area contributed by atoms with Crippen molar-refractivity contribution < 1.29 is 5.11 Å². The second kappa shape index (κ2) is 6.08. The number of aromatic nitrogens is 2. The van der Waals surface area contributed by atoms with Crippen LogP contribution in [0.1, 0.15) is 24.5 Å². The van der Waals surface area contributed by atoms with Gasteiger partial charge in [0.25, 0.3) is 5.56 Å². The third-order valence-corrected chi connectivity index (χ3v) is 3.00. The summed E-state index contributed by atoms with van der Waals surface area (Å²) in [7, 11) is 0. The molecule has 0 fully saturated rings. The van der Waals surface area contributed by atoms with Crippen LogP contribution in [-0.4, -0.2) is 20.8 Å². The minimum Gasteiger partial charge on any atom is -0.494 e. The fourth-order valence-corrected chi connectivity index (χ4v) is 1.88. The van der Waals surface area contributed by atoms with Crippen molar-refractivity contribution in [2.24, 2.45) is 5.10 Å². The van der Waals surface area contributed by atoms with Crippen LogP contribution in [0.2, 0.25) is 0 Å². The van der Waals surface area contributed by atoms with E-state index in [0.29, 0.717) is 12.1 Å². The van der Waals surface area contributed by atoms with Crippen LogP contribution in [0, 0.1) is 6.92 Å². The van der Waals surface area contributed by atoms with Crippen molar-refractivity contribution >= 4 is 11.4 Å². The molecule has 7 nitrogen and oxygen atoms in total. The van der Waals surface area contributed by atoms with Crippen LogP contribution in [0.3, 0.4) is 0 Å². The lowest BCUT2D eigenvalue weighted by Gasteiger charge is -2.08. The number of nitrogens with one attached hydrogen (secondary N) is 3. The third kappa shape index (κ3) is 3.19. The first kappa shape index (κ1) is 14.6. The molecule has 110 valence electrons. The van der Waals surface area contributed by atoms with Gasteiger partial charge in [-0.15, -0.1) is 0 Å². The molecule has 1 heterocycles. The van der Waals surface area contributed by atoms with Gasteiger partial charge in [0.15, 0.2) is 0 Å². The lowest BCUT2D eigenvalue weighted by atomic mass is 10.1. The van der Waals surface area contributed by atoms with Crippen molar-refractivity contribution in [3.8, 4) is 5.88 Å². The summed E-state index contributed by atoms with van der Waals surface area (Å²) in [5, 5.41) is 13.9. The van der Waals surface area contributed by atoms with Crippen LogP contribution >= 0.6 is 0 Å². The van der Waals surface area contributed by atoms with E-state index in [2.05, 4.69) is 20.5 Å². The van der Waals surface area contributed by atoms with Gasteiger partial charge >= 0.3 is 5.69 Å². The van der Waals surface area contributed by atoms with Crippen LogP contribution in [0.4, 0.5) is 5.69 Å². The Hall–Kier alpha value is -2.83. The van der Waals surface area contributed by atoms with Crippen LogP contribution < -0.4 is 16.7 Å². The fourth-order valence-electron chi connectivity index (χ4n) is 1.88. The summed E-state index contributed by atoms with van der Waals surface area (Å²) in [6, 6.07) is 7.54. The van der Waals surface area contributed by atoms with Crippen molar-refractivity contribution in [3.63, 3.8) is 0 Å². The molecular formula is C14H16N4O3. The van der Waals surface area contributed by atoms with E-state index in [1.807, 2.05) is 31.2 Å². The van der Waals surface area contributed by atoms with E-state index in [1.165, 1.54) is 0 Å². The summed E-state index contributed by atoms with van der Waals surface area (Å²) in [5.41, 5.74) is 3.51. The Balaban J connectivity index is 2.41. The van der Waals surface area contributed by atoms with Crippen LogP contribution in [0.25, 0.3) is 0 Å². The maximum absolute atomic E-state index is 11.8. The molecule has 0 aliphatic rings. The van der Waals surface area contributed by atoms with E-state index in [1.54, 1.807) is 6.92 Å². The molecule has 2 aromatic rings. The first-order valence-corrected chi connectivity index (χ1v) is 6.47. The fraction of sp³-hybridized carbons (Fsp3) is 0.214. The molecule has 0 aliphatic heterocycles. The summed E-state index contributed by atoms with van der Waals surface area (Å²) >= 11 is 0. The van der Waals surface area contributed by atoms with Crippen molar-refractivity contribution in [1.82, 2.24) is 9.97 Å². The largest absolute Gasteiger partial charge is 0.494 e. The monoisotopic (exact) mass is 288 g/mol. The highest BCUT2D eigenvalue weighted by atomic mass is 16.3. The number of hydrogen-bond donors (Lipinski definition) is 4. The zero-order valence-electron chi connectivity index (χ0n) is 11.7. The molecule has 21 heavy (non-hydrogen) atoms. The molecule has 0 saturated heterocycles. The molecule has 1 aromatic heterocycles. The molecule has 0 radical (unpaired) electrons. The van der Waals surface area contributed by atoms with Crippen molar-refractivity contribution in [3.05, 3.63) is 56.2 Å². The number of aromatic amines is 2. The SMILES string of the molecule is CCC(=NNc1ccccc1C)c1c(O)[nH]c(=O)[nH]c1=O. The second-order valence-corrected chi connectivity index (χ2v) is 4.47. The predicted octanol–water partition coefficient (Wildman–Crippen LogP) is 1.30. The molecule has 0 aliphatic carbocycles. The Morgan fingerprint density at radius 3 is 2.62 bits per heavy atom. The molecular weight excluding hydrogens is 272 g/mol. The number of hydrazone groups is 1. The van der Waals surface area contributed by atoms with Gasteiger partial charge in [-0.3, -0.25) is 20.2 Å². The van der Waals surface area contributed by atoms with E-state index in [4.69, 9.17) is 0 Å². The minimum absolute atomic E-state index is 0.0433. The highest BCUT2D eigenvalue weighted by molar-refractivity contribution is 6.02. The van der Waals surface area contributed by atoms with Gasteiger partial charge in [0, 0.05) is 0 Å². The molecule has 0 amide bonds. The molecule has 0 spiro atoms. The Bertz CT molecular complexity index is 789. The first-order chi connectivity index (χ1) is 10.0. The number of para-hydroxylation sites is 1. The zero-order chi connectivity index (χ0) is 15.4. The maximum Gasteiger partial charge on any atom is 0.328 e. The average Bonchev–Trinajstić information content (AvgIpc) is 2.43. The maximum atomic E-state index is 11.8. The van der Waals surface area contributed by atoms with Gasteiger partial charge in [-0.1, -0.05) is 25.1 Å². The first-order valence-electron chi connectivity index (χ1n) is 6.47. The van der Waals surface area contributed by atoms with Crippen LogP contribution in [-0.2, 0) is 0 Å². The Labute approximate surface area is 120 Å². The van der Waals surface area contributed by atoms with E-state index in [0.717, 1.165) is 11.3 Å². The van der Waals surface area contributed by atoms with E-state index in [-0.39, 0.29) is 5.56 Å². The number of nitrogens with zero attached hydrogens (tertiary/aromatic N) is 1. The summed E-state index contributed by atoms with van der Waals surface area (Å²) < 4.78 is 0. The highest BCUT2D eigenvalue weighted by Crippen LogP contribution is 2.14. The number of anilines is 1. The molecule has 7 heteroatoms. The lowest BCUT2D eigenvalue weighted by Crippen LogP contribution is -2.28. The predicted molar refractivity (Wildman–Crippen MR) is 81.0 cm³/mol.